The van der Waals surface area contributed by atoms with E-state index in [4.69, 9.17) is 10.1 Å². The fourth-order valence-electron chi connectivity index (χ4n) is 2.88. The number of hydrogen-bond acceptors (Lipinski definition) is 5. The van der Waals surface area contributed by atoms with E-state index in [2.05, 4.69) is 21.9 Å². The van der Waals surface area contributed by atoms with E-state index >= 15 is 0 Å². The van der Waals surface area contributed by atoms with Crippen LogP contribution >= 0.6 is 0 Å². The Kier molecular flexibility index (Phi) is 3.82. The third-order valence-corrected chi connectivity index (χ3v) is 4.14. The third kappa shape index (κ3) is 2.81. The monoisotopic (exact) mass is 298 g/mol. The van der Waals surface area contributed by atoms with Gasteiger partial charge in [0.05, 0.1) is 11.6 Å². The largest absolute Gasteiger partial charge is 0.387 e. The summed E-state index contributed by atoms with van der Waals surface area (Å²) in [5.41, 5.74) is 2.18. The summed E-state index contributed by atoms with van der Waals surface area (Å²) in [6.07, 6.45) is 2.47. The summed E-state index contributed by atoms with van der Waals surface area (Å²) in [6.45, 7) is 3.57. The van der Waals surface area contributed by atoms with Crippen molar-refractivity contribution >= 4 is 17.3 Å². The zero-order valence-corrected chi connectivity index (χ0v) is 12.5. The van der Waals surface area contributed by atoms with Crippen LogP contribution in [0.15, 0.2) is 23.4 Å². The van der Waals surface area contributed by atoms with Crippen LogP contribution in [0.3, 0.4) is 0 Å². The van der Waals surface area contributed by atoms with Crippen LogP contribution in [0.4, 0.5) is 5.69 Å². The first-order valence-electron chi connectivity index (χ1n) is 7.40. The molecular formula is C16H18N4O2. The van der Waals surface area contributed by atoms with Gasteiger partial charge in [-0.25, -0.2) is 0 Å². The maximum absolute atomic E-state index is 12.3. The second-order valence-corrected chi connectivity index (χ2v) is 5.87. The van der Waals surface area contributed by atoms with Gasteiger partial charge in [-0.3, -0.25) is 4.79 Å². The van der Waals surface area contributed by atoms with Crippen LogP contribution in [-0.4, -0.2) is 30.3 Å². The van der Waals surface area contributed by atoms with Gasteiger partial charge in [0.25, 0.3) is 5.91 Å². The van der Waals surface area contributed by atoms with Crippen molar-refractivity contribution in [3.8, 4) is 6.07 Å². The molecule has 6 heteroatoms. The summed E-state index contributed by atoms with van der Waals surface area (Å²) in [7, 11) is 0. The van der Waals surface area contributed by atoms with E-state index in [9.17, 15) is 4.79 Å². The second kappa shape index (κ2) is 5.78. The normalized spacial score (nSPS) is 23.5. The van der Waals surface area contributed by atoms with E-state index < -0.39 is 0 Å². The molecule has 114 valence electrons. The van der Waals surface area contributed by atoms with E-state index in [-0.39, 0.29) is 11.5 Å². The molecule has 2 N–H and O–H groups in total. The van der Waals surface area contributed by atoms with Crippen molar-refractivity contribution in [2.75, 3.05) is 18.4 Å². The lowest BCUT2D eigenvalue weighted by molar-refractivity contribution is -0.110. The zero-order valence-electron chi connectivity index (χ0n) is 12.5. The molecule has 1 atom stereocenters. The van der Waals surface area contributed by atoms with Crippen molar-refractivity contribution in [1.29, 1.82) is 5.26 Å². The van der Waals surface area contributed by atoms with Crippen molar-refractivity contribution < 1.29 is 9.63 Å². The minimum absolute atomic E-state index is 0.241. The molecule has 1 aromatic carbocycles. The molecule has 3 rings (SSSR count). The molecule has 6 nitrogen and oxygen atoms in total. The Bertz CT molecular complexity index is 669. The molecule has 0 saturated carbocycles. The molecule has 0 aliphatic carbocycles. The summed E-state index contributed by atoms with van der Waals surface area (Å²) in [5, 5.41) is 19.0. The number of carbonyl (C=O) groups is 1. The first-order valence-corrected chi connectivity index (χ1v) is 7.40. The molecule has 1 saturated heterocycles. The molecule has 2 aliphatic rings. The summed E-state index contributed by atoms with van der Waals surface area (Å²) in [6, 6.07) is 7.24. The van der Waals surface area contributed by atoms with Crippen molar-refractivity contribution in [2.24, 2.45) is 5.16 Å². The highest BCUT2D eigenvalue weighted by molar-refractivity contribution is 6.43. The molecule has 1 fully saturated rings. The Labute approximate surface area is 129 Å². The number of benzene rings is 1. The minimum atomic E-state index is -0.357. The lowest BCUT2D eigenvalue weighted by Gasteiger charge is -2.30. The van der Waals surface area contributed by atoms with Gasteiger partial charge in [0.2, 0.25) is 0 Å². The Morgan fingerprint density at radius 3 is 3.09 bits per heavy atom. The van der Waals surface area contributed by atoms with Gasteiger partial charge in [-0.2, -0.15) is 5.26 Å². The van der Waals surface area contributed by atoms with Gasteiger partial charge < -0.3 is 15.5 Å². The maximum Gasteiger partial charge on any atom is 0.273 e. The average molecular weight is 298 g/mol. The number of amides is 1. The first kappa shape index (κ1) is 14.5. The smallest absolute Gasteiger partial charge is 0.273 e. The number of piperidine rings is 1. The van der Waals surface area contributed by atoms with Crippen molar-refractivity contribution in [2.45, 2.75) is 31.8 Å². The highest BCUT2D eigenvalue weighted by Gasteiger charge is 2.42. The van der Waals surface area contributed by atoms with E-state index in [0.29, 0.717) is 23.4 Å². The number of aryl methyl sites for hydroxylation is 1. The predicted molar refractivity (Wildman–Crippen MR) is 82.5 cm³/mol. The van der Waals surface area contributed by atoms with Gasteiger partial charge in [-0.05, 0) is 50.1 Å². The first-order chi connectivity index (χ1) is 10.6. The molecule has 0 unspecified atom stereocenters. The molecule has 2 aliphatic heterocycles. The number of carbonyl (C=O) groups excluding carboxylic acids is 1. The molecular weight excluding hydrogens is 280 g/mol. The van der Waals surface area contributed by atoms with Crippen LogP contribution in [0.2, 0.25) is 0 Å². The van der Waals surface area contributed by atoms with Crippen molar-refractivity contribution in [1.82, 2.24) is 5.32 Å². The van der Waals surface area contributed by atoms with Crippen LogP contribution < -0.4 is 10.6 Å². The van der Waals surface area contributed by atoms with Gasteiger partial charge in [0, 0.05) is 18.7 Å². The zero-order chi connectivity index (χ0) is 15.6. The van der Waals surface area contributed by atoms with Gasteiger partial charge in [0.15, 0.2) is 5.60 Å². The van der Waals surface area contributed by atoms with Crippen LogP contribution in [-0.2, 0) is 9.63 Å². The van der Waals surface area contributed by atoms with Gasteiger partial charge in [0.1, 0.15) is 5.71 Å². The maximum atomic E-state index is 12.3. The van der Waals surface area contributed by atoms with E-state index in [0.717, 1.165) is 31.5 Å². The minimum Gasteiger partial charge on any atom is -0.387 e. The number of rotatable bonds is 2. The summed E-state index contributed by atoms with van der Waals surface area (Å²) in [4.78, 5) is 17.9. The summed E-state index contributed by atoms with van der Waals surface area (Å²) in [5.74, 6) is -0.241. The Morgan fingerprint density at radius 1 is 1.55 bits per heavy atom. The van der Waals surface area contributed by atoms with E-state index in [1.807, 2.05) is 6.92 Å². The highest BCUT2D eigenvalue weighted by Crippen LogP contribution is 2.30. The Morgan fingerprint density at radius 2 is 2.41 bits per heavy atom. The molecule has 0 radical (unpaired) electrons. The number of nitriles is 1. The molecule has 0 aromatic heterocycles. The van der Waals surface area contributed by atoms with Crippen LogP contribution in [0.25, 0.3) is 0 Å². The highest BCUT2D eigenvalue weighted by atomic mass is 16.7. The standard InChI is InChI=1S/C16H18N4O2/c1-11-7-12(9-17)3-4-13(11)19-15(21)14-8-16(22-20-14)5-2-6-18-10-16/h3-4,7,18H,2,5-6,8,10H2,1H3,(H,19,21)/t16-/m0/s1. The number of nitrogens with one attached hydrogen (secondary N) is 2. The summed E-state index contributed by atoms with van der Waals surface area (Å²) < 4.78 is 0. The quantitative estimate of drug-likeness (QED) is 0.870. The molecule has 1 aromatic rings. The number of nitrogens with zero attached hydrogens (tertiary/aromatic N) is 2. The van der Waals surface area contributed by atoms with Crippen molar-refractivity contribution in [3.63, 3.8) is 0 Å². The molecule has 2 heterocycles. The molecule has 0 bridgehead atoms. The fraction of sp³-hybridized carbons (Fsp3) is 0.438. The van der Waals surface area contributed by atoms with E-state index in [1.54, 1.807) is 18.2 Å². The van der Waals surface area contributed by atoms with Crippen LogP contribution in [0.5, 0.6) is 0 Å². The van der Waals surface area contributed by atoms with Gasteiger partial charge in [-0.1, -0.05) is 5.16 Å². The SMILES string of the molecule is Cc1cc(C#N)ccc1NC(=O)C1=NO[C@@]2(CCCNC2)C1. The Hall–Kier alpha value is -2.39. The van der Waals surface area contributed by atoms with Crippen molar-refractivity contribution in [3.05, 3.63) is 29.3 Å². The molecule has 1 amide bonds. The summed E-state index contributed by atoms with van der Waals surface area (Å²) >= 11 is 0. The Balaban J connectivity index is 1.67. The third-order valence-electron chi connectivity index (χ3n) is 4.14. The fourth-order valence-corrected chi connectivity index (χ4v) is 2.88. The van der Waals surface area contributed by atoms with E-state index in [1.165, 1.54) is 0 Å². The average Bonchev–Trinajstić information content (AvgIpc) is 2.93. The van der Waals surface area contributed by atoms with Crippen LogP contribution in [0, 0.1) is 18.3 Å². The topological polar surface area (TPSA) is 86.5 Å². The second-order valence-electron chi connectivity index (χ2n) is 5.87. The van der Waals surface area contributed by atoms with Crippen LogP contribution in [0.1, 0.15) is 30.4 Å². The number of anilines is 1. The number of hydrogen-bond donors (Lipinski definition) is 2. The van der Waals surface area contributed by atoms with Gasteiger partial charge >= 0.3 is 0 Å². The number of oxime groups is 1. The molecule has 22 heavy (non-hydrogen) atoms. The predicted octanol–water partition coefficient (Wildman–Crippen LogP) is 1.70. The molecule has 1 spiro atoms. The lowest BCUT2D eigenvalue weighted by atomic mass is 9.89. The van der Waals surface area contributed by atoms with Gasteiger partial charge in [-0.15, -0.1) is 0 Å². The lowest BCUT2D eigenvalue weighted by Crippen LogP contribution is -2.46.